The van der Waals surface area contributed by atoms with E-state index in [2.05, 4.69) is 10.3 Å². The van der Waals surface area contributed by atoms with Gasteiger partial charge in [-0.1, -0.05) is 6.07 Å². The van der Waals surface area contributed by atoms with Gasteiger partial charge >= 0.3 is 0 Å². The number of aryl methyl sites for hydroxylation is 1. The van der Waals surface area contributed by atoms with E-state index in [1.807, 2.05) is 20.8 Å². The van der Waals surface area contributed by atoms with E-state index in [-0.39, 0.29) is 24.1 Å². The van der Waals surface area contributed by atoms with Crippen LogP contribution in [0, 0.1) is 6.92 Å². The Hall–Kier alpha value is -3.05. The lowest BCUT2D eigenvalue weighted by Crippen LogP contribution is -2.53. The maximum absolute atomic E-state index is 13.9. The van der Waals surface area contributed by atoms with Crippen LogP contribution in [0.4, 0.5) is 5.69 Å². The third-order valence-electron chi connectivity index (χ3n) is 7.19. The summed E-state index contributed by atoms with van der Waals surface area (Å²) in [4.78, 5) is 32.1. The molecule has 36 heavy (non-hydrogen) atoms. The maximum Gasteiger partial charge on any atom is 0.261 e. The van der Waals surface area contributed by atoms with Gasteiger partial charge in [0.25, 0.3) is 5.91 Å². The smallest absolute Gasteiger partial charge is 0.261 e. The summed E-state index contributed by atoms with van der Waals surface area (Å²) in [5.41, 5.74) is 27.2. The van der Waals surface area contributed by atoms with Crippen molar-refractivity contribution in [1.82, 2.24) is 10.3 Å². The number of thiophene rings is 1. The summed E-state index contributed by atoms with van der Waals surface area (Å²) in [6, 6.07) is 4.22. The lowest BCUT2D eigenvalue weighted by Gasteiger charge is -2.37. The molecule has 0 aliphatic heterocycles. The van der Waals surface area contributed by atoms with Crippen LogP contribution in [0.15, 0.2) is 24.4 Å². The van der Waals surface area contributed by atoms with Crippen LogP contribution < -0.4 is 33.0 Å². The number of nitrogens with one attached hydrogen (secondary N) is 1. The molecule has 1 amide bonds. The molecule has 9 nitrogen and oxygen atoms in total. The van der Waals surface area contributed by atoms with Crippen molar-refractivity contribution in [3.8, 4) is 5.88 Å². The van der Waals surface area contributed by atoms with E-state index in [1.54, 1.807) is 24.4 Å². The van der Waals surface area contributed by atoms with E-state index in [4.69, 9.17) is 27.7 Å². The molecule has 190 valence electrons. The molecule has 4 atom stereocenters. The van der Waals surface area contributed by atoms with Gasteiger partial charge in [0.15, 0.2) is 5.78 Å². The number of ketones is 1. The average molecular weight is 509 g/mol. The first kappa shape index (κ1) is 24.6. The Morgan fingerprint density at radius 2 is 2.00 bits per heavy atom. The number of amides is 1. The van der Waals surface area contributed by atoms with Crippen LogP contribution >= 0.6 is 11.3 Å². The van der Waals surface area contributed by atoms with Crippen LogP contribution in [0.5, 0.6) is 5.88 Å². The number of hydrogen-bond acceptors (Lipinski definition) is 9. The average Bonchev–Trinajstić information content (AvgIpc) is 3.41. The summed E-state index contributed by atoms with van der Waals surface area (Å²) in [5, 5.41) is 3.74. The molecule has 0 saturated heterocycles. The van der Waals surface area contributed by atoms with E-state index < -0.39 is 17.4 Å². The van der Waals surface area contributed by atoms with Gasteiger partial charge in [-0.3, -0.25) is 9.59 Å². The van der Waals surface area contributed by atoms with Crippen molar-refractivity contribution >= 4 is 38.8 Å². The van der Waals surface area contributed by atoms with E-state index >= 15 is 0 Å². The van der Waals surface area contributed by atoms with E-state index in [1.165, 1.54) is 11.3 Å². The maximum atomic E-state index is 13.9. The first-order valence-electron chi connectivity index (χ1n) is 12.2. The summed E-state index contributed by atoms with van der Waals surface area (Å²) >= 11 is 1.25. The number of carbonyl (C=O) groups excluding carboxylic acids is 2. The fourth-order valence-electron chi connectivity index (χ4n) is 5.48. The van der Waals surface area contributed by atoms with Crippen molar-refractivity contribution in [2.75, 3.05) is 5.73 Å². The molecule has 0 radical (unpaired) electrons. The number of nitrogens with two attached hydrogens (primary N) is 4. The highest BCUT2D eigenvalue weighted by atomic mass is 32.1. The first-order valence-corrected chi connectivity index (χ1v) is 13.0. The van der Waals surface area contributed by atoms with E-state index in [0.29, 0.717) is 43.2 Å². The molecule has 1 saturated carbocycles. The summed E-state index contributed by atoms with van der Waals surface area (Å²) in [5.74, 6) is -0.220. The van der Waals surface area contributed by atoms with Crippen LogP contribution in [0.1, 0.15) is 71.1 Å². The summed E-state index contributed by atoms with van der Waals surface area (Å²) in [6.07, 6.45) is 3.94. The SMILES string of the molecule is Cc1cc(OC(C)C)ncc1C1(N)C(=O)C(N)c2c(C(=O)N[C@@H]3CC[C@H](N)C3)sc3c(N)ccc1c23. The highest BCUT2D eigenvalue weighted by molar-refractivity contribution is 7.21. The molecule has 1 fully saturated rings. The Morgan fingerprint density at radius 1 is 1.25 bits per heavy atom. The molecule has 0 spiro atoms. The number of benzene rings is 1. The largest absolute Gasteiger partial charge is 0.475 e. The van der Waals surface area contributed by atoms with Crippen molar-refractivity contribution in [3.05, 3.63) is 51.5 Å². The highest BCUT2D eigenvalue weighted by Gasteiger charge is 2.49. The predicted octanol–water partition coefficient (Wildman–Crippen LogP) is 2.37. The van der Waals surface area contributed by atoms with Crippen LogP contribution in [0.2, 0.25) is 0 Å². The van der Waals surface area contributed by atoms with Crippen molar-refractivity contribution in [2.24, 2.45) is 17.2 Å². The second kappa shape index (κ2) is 8.81. The summed E-state index contributed by atoms with van der Waals surface area (Å²) in [6.45, 7) is 5.69. The topological polar surface area (TPSA) is 172 Å². The molecule has 2 aromatic heterocycles. The highest BCUT2D eigenvalue weighted by Crippen LogP contribution is 2.50. The van der Waals surface area contributed by atoms with Gasteiger partial charge in [0, 0.05) is 46.5 Å². The molecule has 0 bridgehead atoms. The Labute approximate surface area is 213 Å². The van der Waals surface area contributed by atoms with E-state index in [9.17, 15) is 9.59 Å². The zero-order chi connectivity index (χ0) is 25.9. The fourth-order valence-corrected chi connectivity index (χ4v) is 6.68. The monoisotopic (exact) mass is 508 g/mol. The molecule has 10 heteroatoms. The van der Waals surface area contributed by atoms with E-state index in [0.717, 1.165) is 24.8 Å². The zero-order valence-corrected chi connectivity index (χ0v) is 21.4. The number of nitrogens with zero attached hydrogens (tertiary/aromatic N) is 1. The Bertz CT molecular complexity index is 1390. The minimum absolute atomic E-state index is 0.00820. The number of Topliss-reactive ketones (excluding diaryl/α,β-unsaturated/α-hetero) is 1. The minimum Gasteiger partial charge on any atom is -0.475 e. The van der Waals surface area contributed by atoms with Crippen LogP contribution in [0.25, 0.3) is 10.1 Å². The number of nitrogen functional groups attached to an aromatic ring is 1. The number of carbonyl (C=O) groups is 2. The quantitative estimate of drug-likeness (QED) is 0.327. The molecule has 5 rings (SSSR count). The molecule has 2 unspecified atom stereocenters. The zero-order valence-electron chi connectivity index (χ0n) is 20.6. The molecular weight excluding hydrogens is 476 g/mol. The summed E-state index contributed by atoms with van der Waals surface area (Å²) < 4.78 is 6.40. The molecule has 2 heterocycles. The fraction of sp³-hybridized carbons (Fsp3) is 0.423. The number of hydrogen-bond donors (Lipinski definition) is 5. The number of aromatic nitrogens is 1. The first-order chi connectivity index (χ1) is 17.0. The van der Waals surface area contributed by atoms with Gasteiger partial charge in [0.1, 0.15) is 5.54 Å². The van der Waals surface area contributed by atoms with Gasteiger partial charge in [0.05, 0.1) is 21.7 Å². The lowest BCUT2D eigenvalue weighted by atomic mass is 9.70. The second-order valence-electron chi connectivity index (χ2n) is 10.1. The normalized spacial score (nSPS) is 25.5. The molecule has 2 aliphatic rings. The van der Waals surface area contributed by atoms with Crippen LogP contribution in [-0.4, -0.2) is 34.9 Å². The third kappa shape index (κ3) is 3.76. The van der Waals surface area contributed by atoms with Crippen molar-refractivity contribution in [3.63, 3.8) is 0 Å². The Morgan fingerprint density at radius 3 is 2.64 bits per heavy atom. The van der Waals surface area contributed by atoms with Crippen molar-refractivity contribution in [1.29, 1.82) is 0 Å². The van der Waals surface area contributed by atoms with Gasteiger partial charge in [-0.2, -0.15) is 0 Å². The van der Waals surface area contributed by atoms with Crippen molar-refractivity contribution < 1.29 is 14.3 Å². The minimum atomic E-state index is -1.56. The van der Waals surface area contributed by atoms with Gasteiger partial charge in [0.2, 0.25) is 5.88 Å². The van der Waals surface area contributed by atoms with Crippen LogP contribution in [0.3, 0.4) is 0 Å². The molecule has 9 N–H and O–H groups in total. The van der Waals surface area contributed by atoms with Crippen LogP contribution in [-0.2, 0) is 10.3 Å². The predicted molar refractivity (Wildman–Crippen MR) is 141 cm³/mol. The summed E-state index contributed by atoms with van der Waals surface area (Å²) in [7, 11) is 0. The standard InChI is InChI=1S/C26H32N6O3S/c1-11(2)35-18-8-12(3)16(10-31-18)26(30)15-6-7-17(28)22-19(15)20(21(29)24(26)33)23(36-22)25(34)32-14-5-4-13(27)9-14/h6-8,10-11,13-14,21H,4-5,9,27-30H2,1-3H3,(H,32,34)/t13-,14+,21?,26?/m0/s1. The van der Waals surface area contributed by atoms with Crippen molar-refractivity contribution in [2.45, 2.75) is 69.8 Å². The number of ether oxygens (including phenoxy) is 1. The second-order valence-corrected chi connectivity index (χ2v) is 11.2. The van der Waals surface area contributed by atoms with Gasteiger partial charge < -0.3 is 33.0 Å². The molecular formula is C26H32N6O3S. The lowest BCUT2D eigenvalue weighted by molar-refractivity contribution is -0.124. The molecule has 3 aromatic rings. The van der Waals surface area contributed by atoms with Gasteiger partial charge in [-0.25, -0.2) is 4.98 Å². The van der Waals surface area contributed by atoms with Gasteiger partial charge in [-0.05, 0) is 57.2 Å². The van der Waals surface area contributed by atoms with Gasteiger partial charge in [-0.15, -0.1) is 11.3 Å². The number of pyridine rings is 1. The third-order valence-corrected chi connectivity index (χ3v) is 8.45. The number of anilines is 1. The Balaban J connectivity index is 1.66. The Kier molecular flexibility index (Phi) is 6.03. The molecule has 1 aromatic carbocycles. The number of rotatable bonds is 5. The molecule has 2 aliphatic carbocycles.